The minimum Gasteiger partial charge on any atom is -0.381 e. The molecule has 1 N–H and O–H groups in total. The van der Waals surface area contributed by atoms with Crippen molar-refractivity contribution in [2.75, 3.05) is 33.3 Å². The Bertz CT molecular complexity index is 265. The minimum atomic E-state index is 0.549. The van der Waals surface area contributed by atoms with Gasteiger partial charge < -0.3 is 10.1 Å². The highest BCUT2D eigenvalue weighted by molar-refractivity contribution is 4.90. The van der Waals surface area contributed by atoms with E-state index < -0.39 is 0 Å². The van der Waals surface area contributed by atoms with Gasteiger partial charge >= 0.3 is 0 Å². The number of nitrogens with zero attached hydrogens (tertiary/aromatic N) is 1. The summed E-state index contributed by atoms with van der Waals surface area (Å²) in [6.45, 7) is 4.89. The van der Waals surface area contributed by atoms with E-state index in [4.69, 9.17) is 4.74 Å². The lowest BCUT2D eigenvalue weighted by molar-refractivity contribution is -0.00570. The molecule has 0 spiro atoms. The molecule has 3 heteroatoms. The highest BCUT2D eigenvalue weighted by atomic mass is 16.5. The second-order valence-electron chi connectivity index (χ2n) is 6.44. The van der Waals surface area contributed by atoms with E-state index in [2.05, 4.69) is 10.2 Å². The van der Waals surface area contributed by atoms with Crippen LogP contribution in [0.15, 0.2) is 0 Å². The fraction of sp³-hybridized carbons (Fsp3) is 1.00. The SMILES string of the molecule is COC1CCC2CCC(N3CCNCC3)CC2C1. The molecule has 1 aliphatic heterocycles. The Morgan fingerprint density at radius 1 is 0.944 bits per heavy atom. The zero-order chi connectivity index (χ0) is 12.4. The number of fused-ring (bicyclic) bond motifs is 1. The van der Waals surface area contributed by atoms with Crippen LogP contribution in [0.5, 0.6) is 0 Å². The van der Waals surface area contributed by atoms with E-state index in [1.54, 1.807) is 0 Å². The van der Waals surface area contributed by atoms with Crippen molar-refractivity contribution in [2.45, 2.75) is 50.7 Å². The topological polar surface area (TPSA) is 24.5 Å². The van der Waals surface area contributed by atoms with Gasteiger partial charge in [-0.25, -0.2) is 0 Å². The van der Waals surface area contributed by atoms with E-state index >= 15 is 0 Å². The molecule has 4 atom stereocenters. The van der Waals surface area contributed by atoms with E-state index in [0.29, 0.717) is 6.10 Å². The second kappa shape index (κ2) is 5.89. The molecule has 2 aliphatic carbocycles. The lowest BCUT2D eigenvalue weighted by Gasteiger charge is -2.46. The van der Waals surface area contributed by atoms with Gasteiger partial charge in [0.05, 0.1) is 6.10 Å². The first-order valence-electron chi connectivity index (χ1n) is 7.84. The Balaban J connectivity index is 1.56. The molecule has 0 bridgehead atoms. The lowest BCUT2D eigenvalue weighted by Crippen LogP contribution is -2.51. The van der Waals surface area contributed by atoms with Crippen LogP contribution in [0.1, 0.15) is 38.5 Å². The Morgan fingerprint density at radius 3 is 2.50 bits per heavy atom. The van der Waals surface area contributed by atoms with Gasteiger partial charge in [-0.2, -0.15) is 0 Å². The maximum absolute atomic E-state index is 5.60. The van der Waals surface area contributed by atoms with Crippen LogP contribution in [0.3, 0.4) is 0 Å². The molecule has 3 nitrogen and oxygen atoms in total. The smallest absolute Gasteiger partial charge is 0.0574 e. The first-order valence-corrected chi connectivity index (χ1v) is 7.84. The quantitative estimate of drug-likeness (QED) is 0.812. The van der Waals surface area contributed by atoms with Crippen LogP contribution in [-0.2, 0) is 4.74 Å². The summed E-state index contributed by atoms with van der Waals surface area (Å²) in [4.78, 5) is 2.74. The zero-order valence-corrected chi connectivity index (χ0v) is 11.7. The number of piperazine rings is 1. The van der Waals surface area contributed by atoms with Crippen molar-refractivity contribution in [3.8, 4) is 0 Å². The summed E-state index contributed by atoms with van der Waals surface area (Å²) in [7, 11) is 1.89. The highest BCUT2D eigenvalue weighted by Crippen LogP contribution is 2.42. The third-order valence-corrected chi connectivity index (χ3v) is 5.54. The fourth-order valence-electron chi connectivity index (χ4n) is 4.42. The van der Waals surface area contributed by atoms with Crippen LogP contribution < -0.4 is 5.32 Å². The molecule has 0 aromatic rings. The number of nitrogens with one attached hydrogen (secondary N) is 1. The van der Waals surface area contributed by atoms with Crippen molar-refractivity contribution in [3.05, 3.63) is 0 Å². The molecule has 0 amide bonds. The number of hydrogen-bond donors (Lipinski definition) is 1. The highest BCUT2D eigenvalue weighted by Gasteiger charge is 2.37. The van der Waals surface area contributed by atoms with Crippen molar-refractivity contribution in [1.82, 2.24) is 10.2 Å². The predicted molar refractivity (Wildman–Crippen MR) is 73.7 cm³/mol. The van der Waals surface area contributed by atoms with Crippen LogP contribution in [0, 0.1) is 11.8 Å². The molecule has 4 unspecified atom stereocenters. The summed E-state index contributed by atoms with van der Waals surface area (Å²) in [6, 6.07) is 0.865. The fourth-order valence-corrected chi connectivity index (χ4v) is 4.42. The van der Waals surface area contributed by atoms with Crippen LogP contribution >= 0.6 is 0 Å². The zero-order valence-electron chi connectivity index (χ0n) is 11.7. The summed E-state index contributed by atoms with van der Waals surface area (Å²) in [5.74, 6) is 1.95. The summed E-state index contributed by atoms with van der Waals surface area (Å²) in [5.41, 5.74) is 0. The van der Waals surface area contributed by atoms with Crippen molar-refractivity contribution in [2.24, 2.45) is 11.8 Å². The number of ether oxygens (including phenoxy) is 1. The third-order valence-electron chi connectivity index (χ3n) is 5.54. The Labute approximate surface area is 111 Å². The third kappa shape index (κ3) is 2.73. The lowest BCUT2D eigenvalue weighted by atomic mass is 9.68. The van der Waals surface area contributed by atoms with Gasteiger partial charge in [-0.15, -0.1) is 0 Å². The van der Waals surface area contributed by atoms with E-state index in [1.807, 2.05) is 7.11 Å². The van der Waals surface area contributed by atoms with Crippen molar-refractivity contribution < 1.29 is 4.74 Å². The molecular weight excluding hydrogens is 224 g/mol. The van der Waals surface area contributed by atoms with E-state index in [9.17, 15) is 0 Å². The molecule has 1 saturated heterocycles. The van der Waals surface area contributed by atoms with Gasteiger partial charge in [0.25, 0.3) is 0 Å². The van der Waals surface area contributed by atoms with Gasteiger partial charge in [-0.05, 0) is 50.4 Å². The van der Waals surface area contributed by atoms with E-state index in [1.165, 1.54) is 64.7 Å². The largest absolute Gasteiger partial charge is 0.381 e. The number of methoxy groups -OCH3 is 1. The number of hydrogen-bond acceptors (Lipinski definition) is 3. The van der Waals surface area contributed by atoms with Gasteiger partial charge in [0.1, 0.15) is 0 Å². The Morgan fingerprint density at radius 2 is 1.72 bits per heavy atom. The van der Waals surface area contributed by atoms with E-state index in [0.717, 1.165) is 17.9 Å². The van der Waals surface area contributed by atoms with Crippen molar-refractivity contribution in [1.29, 1.82) is 0 Å². The molecule has 0 radical (unpaired) electrons. The summed E-state index contributed by atoms with van der Waals surface area (Å²) >= 11 is 0. The molecule has 18 heavy (non-hydrogen) atoms. The van der Waals surface area contributed by atoms with Gasteiger partial charge in [0.2, 0.25) is 0 Å². The van der Waals surface area contributed by atoms with Crippen LogP contribution in [-0.4, -0.2) is 50.3 Å². The average molecular weight is 252 g/mol. The molecule has 0 aromatic carbocycles. The number of rotatable bonds is 2. The maximum atomic E-state index is 5.60. The normalized spacial score (nSPS) is 42.5. The first-order chi connectivity index (χ1) is 8.86. The monoisotopic (exact) mass is 252 g/mol. The maximum Gasteiger partial charge on any atom is 0.0574 e. The molecule has 1 heterocycles. The van der Waals surface area contributed by atoms with Crippen molar-refractivity contribution in [3.63, 3.8) is 0 Å². The van der Waals surface area contributed by atoms with Gasteiger partial charge in [0.15, 0.2) is 0 Å². The summed E-state index contributed by atoms with van der Waals surface area (Å²) in [6.07, 6.45) is 8.93. The second-order valence-corrected chi connectivity index (χ2v) is 6.44. The standard InChI is InChI=1S/C15H28N2O/c1-18-15-5-3-12-2-4-14(10-13(12)11-15)17-8-6-16-7-9-17/h12-16H,2-11H2,1H3. The first kappa shape index (κ1) is 12.9. The van der Waals surface area contributed by atoms with Gasteiger partial charge in [-0.3, -0.25) is 4.90 Å². The molecule has 104 valence electrons. The van der Waals surface area contributed by atoms with Gasteiger partial charge in [0, 0.05) is 39.3 Å². The molecule has 0 aromatic heterocycles. The molecule has 3 aliphatic rings. The molecule has 3 rings (SSSR count). The Hall–Kier alpha value is -0.120. The average Bonchev–Trinajstić information content (AvgIpc) is 2.47. The molecule has 2 saturated carbocycles. The predicted octanol–water partition coefficient (Wildman–Crippen LogP) is 1.88. The Kier molecular flexibility index (Phi) is 4.22. The van der Waals surface area contributed by atoms with Crippen LogP contribution in [0.4, 0.5) is 0 Å². The van der Waals surface area contributed by atoms with Crippen molar-refractivity contribution >= 4 is 0 Å². The van der Waals surface area contributed by atoms with Gasteiger partial charge in [-0.1, -0.05) is 0 Å². The van der Waals surface area contributed by atoms with Crippen LogP contribution in [0.25, 0.3) is 0 Å². The van der Waals surface area contributed by atoms with E-state index in [-0.39, 0.29) is 0 Å². The van der Waals surface area contributed by atoms with Crippen LogP contribution in [0.2, 0.25) is 0 Å². The molecule has 3 fully saturated rings. The summed E-state index contributed by atoms with van der Waals surface area (Å²) < 4.78 is 5.60. The minimum absolute atomic E-state index is 0.549. The summed E-state index contributed by atoms with van der Waals surface area (Å²) in [5, 5.41) is 3.46. The molecular formula is C15H28N2O.